The van der Waals surface area contributed by atoms with Crippen LogP contribution in [0.25, 0.3) is 0 Å². The van der Waals surface area contributed by atoms with Crippen LogP contribution in [0.4, 0.5) is 0 Å². The minimum absolute atomic E-state index is 0.160. The largest absolute Gasteiger partial charge is 0.366 e. The summed E-state index contributed by atoms with van der Waals surface area (Å²) in [5, 5.41) is 0. The molecule has 0 aromatic carbocycles. The number of rotatable bonds is 3. The van der Waals surface area contributed by atoms with Crippen LogP contribution in [0.15, 0.2) is 11.5 Å². The van der Waals surface area contributed by atoms with Gasteiger partial charge < -0.3 is 9.30 Å². The number of hydrogen-bond acceptors (Lipinski definition) is 2. The van der Waals surface area contributed by atoms with Crippen molar-refractivity contribution in [2.75, 3.05) is 19.7 Å². The van der Waals surface area contributed by atoms with Crippen LogP contribution >= 0.6 is 7.14 Å². The Morgan fingerprint density at radius 2 is 2.45 bits per heavy atom. The predicted octanol–water partition coefficient (Wildman–Crippen LogP) is 1.41. The Morgan fingerprint density at radius 3 is 2.82 bits per heavy atom. The lowest BCUT2D eigenvalue weighted by atomic mass is 10.1. The topological polar surface area (TPSA) is 26.3 Å². The van der Waals surface area contributed by atoms with E-state index in [0.717, 1.165) is 12.0 Å². The molecule has 1 aliphatic carbocycles. The Bertz CT molecular complexity index is 218. The summed E-state index contributed by atoms with van der Waals surface area (Å²) in [4.78, 5) is 0. The average Bonchev–Trinajstić information content (AvgIpc) is 2.60. The quantitative estimate of drug-likeness (QED) is 0.472. The van der Waals surface area contributed by atoms with Gasteiger partial charge in [-0.05, 0) is 13.3 Å². The molecule has 11 heavy (non-hydrogen) atoms. The molecule has 2 radical (unpaired) electrons. The Labute approximate surface area is 68.8 Å². The van der Waals surface area contributed by atoms with Crippen molar-refractivity contribution in [2.24, 2.45) is 0 Å². The van der Waals surface area contributed by atoms with Crippen molar-refractivity contribution in [3.63, 3.8) is 0 Å². The van der Waals surface area contributed by atoms with E-state index in [4.69, 9.17) is 12.6 Å². The van der Waals surface area contributed by atoms with Gasteiger partial charge in [-0.25, -0.2) is 0 Å². The normalized spacial score (nSPS) is 27.5. The van der Waals surface area contributed by atoms with E-state index in [1.165, 1.54) is 0 Å². The van der Waals surface area contributed by atoms with Gasteiger partial charge in [-0.2, -0.15) is 0 Å². The maximum absolute atomic E-state index is 11.2. The average molecular weight is 170 g/mol. The van der Waals surface area contributed by atoms with Gasteiger partial charge in [0.2, 0.25) is 0 Å². The van der Waals surface area contributed by atoms with Crippen LogP contribution in [0.1, 0.15) is 6.42 Å². The van der Waals surface area contributed by atoms with Crippen LogP contribution in [0.5, 0.6) is 0 Å². The third-order valence-corrected chi connectivity index (χ3v) is 2.25. The van der Waals surface area contributed by atoms with E-state index in [1.54, 1.807) is 19.3 Å². The van der Waals surface area contributed by atoms with Crippen molar-refractivity contribution in [3.05, 3.63) is 11.5 Å². The highest BCUT2D eigenvalue weighted by Crippen LogP contribution is 2.40. The van der Waals surface area contributed by atoms with Crippen LogP contribution < -0.4 is 0 Å². The predicted molar refractivity (Wildman–Crippen MR) is 47.6 cm³/mol. The summed E-state index contributed by atoms with van der Waals surface area (Å²) in [6.07, 6.45) is 1.44. The molecule has 0 aromatic heterocycles. The molecule has 0 N–H and O–H groups in total. The Balaban J connectivity index is 2.21. The maximum Gasteiger partial charge on any atom is 0.106 e. The van der Waals surface area contributed by atoms with Gasteiger partial charge in [0.1, 0.15) is 15.0 Å². The summed E-state index contributed by atoms with van der Waals surface area (Å²) >= 11 is 0. The fraction of sp³-hybridized carbons (Fsp3) is 0.714. The van der Waals surface area contributed by atoms with Crippen molar-refractivity contribution in [1.29, 1.82) is 0 Å². The van der Waals surface area contributed by atoms with E-state index in [-0.39, 0.29) is 6.10 Å². The molecule has 1 aliphatic rings. The second-order valence-electron chi connectivity index (χ2n) is 3.30. The summed E-state index contributed by atoms with van der Waals surface area (Å²) in [7, 11) is 3.25. The van der Waals surface area contributed by atoms with Crippen LogP contribution in [-0.2, 0) is 9.30 Å². The zero-order valence-corrected chi connectivity index (χ0v) is 7.80. The lowest BCUT2D eigenvalue weighted by Gasteiger charge is -2.05. The molecule has 4 heteroatoms. The standard InChI is InChI=1S/C7H12BO2P/c1-11(2,9)5-10-7-3-6(7)4-8/h4,7H,3,5H2,1-2H3/b6-4-. The third-order valence-electron chi connectivity index (χ3n) is 1.48. The third kappa shape index (κ3) is 3.26. The molecule has 0 amide bonds. The van der Waals surface area contributed by atoms with Crippen molar-refractivity contribution >= 4 is 15.0 Å². The Hall–Kier alpha value is -0.00506. The zero-order valence-electron chi connectivity index (χ0n) is 6.91. The first-order chi connectivity index (χ1) is 5.03. The van der Waals surface area contributed by atoms with Gasteiger partial charge >= 0.3 is 0 Å². The van der Waals surface area contributed by atoms with E-state index in [1.807, 2.05) is 0 Å². The summed E-state index contributed by atoms with van der Waals surface area (Å²) in [5.41, 5.74) is 1.12. The maximum atomic E-state index is 11.2. The first-order valence-corrected chi connectivity index (χ1v) is 6.38. The molecule has 2 nitrogen and oxygen atoms in total. The van der Waals surface area contributed by atoms with Crippen molar-refractivity contribution in [3.8, 4) is 0 Å². The van der Waals surface area contributed by atoms with Crippen LogP contribution in [0, 0.1) is 0 Å². The van der Waals surface area contributed by atoms with Gasteiger partial charge in [0, 0.05) is 6.42 Å². The van der Waals surface area contributed by atoms with Gasteiger partial charge in [0.15, 0.2) is 0 Å². The summed E-state index contributed by atoms with van der Waals surface area (Å²) < 4.78 is 16.5. The van der Waals surface area contributed by atoms with Crippen LogP contribution in [-0.4, -0.2) is 33.6 Å². The number of ether oxygens (including phenoxy) is 1. The molecule has 60 valence electrons. The van der Waals surface area contributed by atoms with Gasteiger partial charge in [-0.3, -0.25) is 0 Å². The van der Waals surface area contributed by atoms with Gasteiger partial charge in [-0.1, -0.05) is 5.57 Å². The lowest BCUT2D eigenvalue weighted by Crippen LogP contribution is -1.96. The molecule has 1 unspecified atom stereocenters. The van der Waals surface area contributed by atoms with Gasteiger partial charge in [-0.15, -0.1) is 5.98 Å². The minimum atomic E-state index is -2.01. The van der Waals surface area contributed by atoms with Crippen LogP contribution in [0.3, 0.4) is 0 Å². The van der Waals surface area contributed by atoms with Crippen molar-refractivity contribution in [1.82, 2.24) is 0 Å². The molecule has 1 saturated carbocycles. The number of hydrogen-bond donors (Lipinski definition) is 0. The molecule has 0 aliphatic heterocycles. The Morgan fingerprint density at radius 1 is 1.82 bits per heavy atom. The molecule has 1 fully saturated rings. The minimum Gasteiger partial charge on any atom is -0.366 e. The Kier molecular flexibility index (Phi) is 2.61. The van der Waals surface area contributed by atoms with Gasteiger partial charge in [0.25, 0.3) is 0 Å². The SMILES string of the molecule is [B]/C=C1/CC1OCP(C)(C)=O. The van der Waals surface area contributed by atoms with E-state index < -0.39 is 7.14 Å². The van der Waals surface area contributed by atoms with Crippen LogP contribution in [0.2, 0.25) is 0 Å². The van der Waals surface area contributed by atoms with Crippen molar-refractivity contribution < 1.29 is 9.30 Å². The first kappa shape index (κ1) is 9.09. The highest BCUT2D eigenvalue weighted by Gasteiger charge is 2.30. The second kappa shape index (κ2) is 3.16. The van der Waals surface area contributed by atoms with E-state index in [0.29, 0.717) is 6.35 Å². The molecule has 1 atom stereocenters. The summed E-state index contributed by atoms with van der Waals surface area (Å²) in [6, 6.07) is 0. The molecular weight excluding hydrogens is 158 g/mol. The smallest absolute Gasteiger partial charge is 0.106 e. The lowest BCUT2D eigenvalue weighted by molar-refractivity contribution is 0.170. The zero-order chi connectivity index (χ0) is 8.48. The molecule has 0 aromatic rings. The molecular formula is C7H12BO2P. The van der Waals surface area contributed by atoms with E-state index >= 15 is 0 Å². The molecule has 0 bridgehead atoms. The van der Waals surface area contributed by atoms with E-state index in [2.05, 4.69) is 0 Å². The van der Waals surface area contributed by atoms with Crippen molar-refractivity contribution in [2.45, 2.75) is 12.5 Å². The molecule has 1 rings (SSSR count). The molecule has 0 spiro atoms. The highest BCUT2D eigenvalue weighted by molar-refractivity contribution is 7.62. The highest BCUT2D eigenvalue weighted by atomic mass is 31.2. The second-order valence-corrected chi connectivity index (χ2v) is 6.71. The molecule has 0 saturated heterocycles. The van der Waals surface area contributed by atoms with E-state index in [9.17, 15) is 4.57 Å². The summed E-state index contributed by atoms with van der Waals surface area (Å²) in [5.74, 6) is 1.57. The fourth-order valence-corrected chi connectivity index (χ4v) is 1.30. The monoisotopic (exact) mass is 170 g/mol. The first-order valence-electron chi connectivity index (χ1n) is 3.59. The summed E-state index contributed by atoms with van der Waals surface area (Å²) in [6.45, 7) is 3.45. The fourth-order valence-electron chi connectivity index (χ4n) is 0.766. The molecule has 0 heterocycles. The van der Waals surface area contributed by atoms with Gasteiger partial charge in [0.05, 0.1) is 12.5 Å².